The molecule has 200 valence electrons. The molecule has 0 atom stereocenters. The first-order valence-corrected chi connectivity index (χ1v) is 13.0. The Kier molecular flexibility index (Phi) is 5.87. The van der Waals surface area contributed by atoms with Crippen LogP contribution in [0.4, 0.5) is 17.5 Å². The first kappa shape index (κ1) is 25.0. The Balaban J connectivity index is 1.32. The van der Waals surface area contributed by atoms with Crippen molar-refractivity contribution in [2.75, 3.05) is 10.6 Å². The maximum Gasteiger partial charge on any atom is 0.339 e. The van der Waals surface area contributed by atoms with Crippen molar-refractivity contribution in [1.82, 2.24) is 20.1 Å². The van der Waals surface area contributed by atoms with Crippen molar-refractivity contribution in [1.29, 1.82) is 0 Å². The molecule has 1 fully saturated rings. The number of hydrogen-bond donors (Lipinski definition) is 3. The van der Waals surface area contributed by atoms with Crippen LogP contribution in [0.2, 0.25) is 0 Å². The highest BCUT2D eigenvalue weighted by Gasteiger charge is 2.37. The third-order valence-corrected chi connectivity index (χ3v) is 7.02. The summed E-state index contributed by atoms with van der Waals surface area (Å²) in [7, 11) is 0. The van der Waals surface area contributed by atoms with Gasteiger partial charge in [0.1, 0.15) is 17.0 Å². The first-order chi connectivity index (χ1) is 18.6. The van der Waals surface area contributed by atoms with Crippen molar-refractivity contribution in [3.63, 3.8) is 0 Å². The van der Waals surface area contributed by atoms with Crippen molar-refractivity contribution in [2.24, 2.45) is 0 Å². The number of benzene rings is 2. The number of ether oxygens (including phenoxy) is 1. The lowest BCUT2D eigenvalue weighted by Crippen LogP contribution is -2.19. The van der Waals surface area contributed by atoms with E-state index in [4.69, 9.17) is 14.2 Å². The Morgan fingerprint density at radius 2 is 1.90 bits per heavy atom. The molecule has 2 aromatic carbocycles. The van der Waals surface area contributed by atoms with Gasteiger partial charge >= 0.3 is 5.97 Å². The minimum absolute atomic E-state index is 0.329. The van der Waals surface area contributed by atoms with Crippen molar-refractivity contribution >= 4 is 23.4 Å². The molecular formula is C29H30N6O4. The Morgan fingerprint density at radius 1 is 1.10 bits per heavy atom. The molecule has 3 heterocycles. The van der Waals surface area contributed by atoms with Crippen LogP contribution in [0.15, 0.2) is 53.2 Å². The van der Waals surface area contributed by atoms with E-state index in [0.717, 1.165) is 35.2 Å². The van der Waals surface area contributed by atoms with Crippen LogP contribution in [-0.2, 0) is 22.5 Å². The minimum Gasteiger partial charge on any atom is -0.451 e. The Morgan fingerprint density at radius 3 is 2.67 bits per heavy atom. The molecule has 6 rings (SSSR count). The molecule has 0 saturated heterocycles. The molecule has 0 radical (unpaired) electrons. The summed E-state index contributed by atoms with van der Waals surface area (Å²) in [5.74, 6) is 1.91. The molecule has 10 nitrogen and oxygen atoms in total. The summed E-state index contributed by atoms with van der Waals surface area (Å²) >= 11 is 0. The number of nitrogens with zero attached hydrogens (tertiary/aromatic N) is 4. The van der Waals surface area contributed by atoms with E-state index < -0.39 is 11.2 Å². The van der Waals surface area contributed by atoms with Crippen molar-refractivity contribution in [3.05, 3.63) is 76.7 Å². The number of fused-ring (bicyclic) bond motifs is 1. The average Bonchev–Trinajstić information content (AvgIpc) is 3.58. The molecule has 4 aromatic rings. The van der Waals surface area contributed by atoms with Gasteiger partial charge in [0.2, 0.25) is 5.95 Å². The number of esters is 1. The van der Waals surface area contributed by atoms with E-state index in [1.54, 1.807) is 32.2 Å². The van der Waals surface area contributed by atoms with E-state index >= 15 is 0 Å². The Labute approximate surface area is 225 Å². The molecule has 39 heavy (non-hydrogen) atoms. The Hall–Kier alpha value is -4.31. The highest BCUT2D eigenvalue weighted by Crippen LogP contribution is 2.40. The zero-order chi connectivity index (χ0) is 27.4. The molecule has 0 spiro atoms. The van der Waals surface area contributed by atoms with E-state index in [9.17, 15) is 9.90 Å². The van der Waals surface area contributed by atoms with Gasteiger partial charge in [-0.3, -0.25) is 0 Å². The van der Waals surface area contributed by atoms with Gasteiger partial charge in [0.25, 0.3) is 5.89 Å². The summed E-state index contributed by atoms with van der Waals surface area (Å²) < 4.78 is 11.1. The zero-order valence-corrected chi connectivity index (χ0v) is 22.3. The monoisotopic (exact) mass is 526 g/mol. The maximum absolute atomic E-state index is 12.2. The number of carbonyl (C=O) groups excluding carboxylic acids is 1. The van der Waals surface area contributed by atoms with Gasteiger partial charge in [0, 0.05) is 29.9 Å². The van der Waals surface area contributed by atoms with Crippen LogP contribution in [0.1, 0.15) is 79.3 Å². The summed E-state index contributed by atoms with van der Waals surface area (Å²) in [5, 5.41) is 21.4. The fourth-order valence-corrected chi connectivity index (χ4v) is 4.80. The van der Waals surface area contributed by atoms with Crippen LogP contribution in [0.3, 0.4) is 0 Å². The fraction of sp³-hybridized carbons (Fsp3) is 0.345. The summed E-state index contributed by atoms with van der Waals surface area (Å²) in [6, 6.07) is 13.1. The number of aromatic nitrogens is 4. The largest absolute Gasteiger partial charge is 0.451 e. The topological polar surface area (TPSA) is 135 Å². The lowest BCUT2D eigenvalue weighted by Gasteiger charge is -2.22. The smallest absolute Gasteiger partial charge is 0.339 e. The molecule has 2 aliphatic rings. The zero-order valence-electron chi connectivity index (χ0n) is 22.3. The highest BCUT2D eigenvalue weighted by atomic mass is 16.6. The second kappa shape index (κ2) is 9.16. The molecular weight excluding hydrogens is 496 g/mol. The molecule has 0 bridgehead atoms. The van der Waals surface area contributed by atoms with Gasteiger partial charge in [-0.2, -0.15) is 9.97 Å². The van der Waals surface area contributed by atoms with Gasteiger partial charge in [0.05, 0.1) is 11.2 Å². The molecule has 10 heteroatoms. The van der Waals surface area contributed by atoms with E-state index in [-0.39, 0.29) is 5.97 Å². The maximum atomic E-state index is 12.2. The van der Waals surface area contributed by atoms with Crippen LogP contribution in [0.25, 0.3) is 11.5 Å². The highest BCUT2D eigenvalue weighted by molar-refractivity contribution is 5.95. The van der Waals surface area contributed by atoms with Gasteiger partial charge in [-0.1, -0.05) is 29.4 Å². The molecule has 0 amide bonds. The summed E-state index contributed by atoms with van der Waals surface area (Å²) in [4.78, 5) is 26.0. The van der Waals surface area contributed by atoms with E-state index in [0.29, 0.717) is 47.1 Å². The Bertz CT molecular complexity index is 1570. The third-order valence-electron chi connectivity index (χ3n) is 7.02. The normalized spacial score (nSPS) is 16.1. The summed E-state index contributed by atoms with van der Waals surface area (Å²) in [6.07, 6.45) is 3.77. The predicted octanol–water partition coefficient (Wildman–Crippen LogP) is 5.39. The number of hydrogen-bond acceptors (Lipinski definition) is 10. The second-order valence-electron chi connectivity index (χ2n) is 11.0. The van der Waals surface area contributed by atoms with Crippen LogP contribution in [0.5, 0.6) is 0 Å². The predicted molar refractivity (Wildman–Crippen MR) is 144 cm³/mol. The molecule has 1 aliphatic carbocycles. The molecule has 2 aromatic heterocycles. The summed E-state index contributed by atoms with van der Waals surface area (Å²) in [6.45, 7) is 7.65. The van der Waals surface area contributed by atoms with Crippen LogP contribution < -0.4 is 10.6 Å². The molecule has 3 N–H and O–H groups in total. The van der Waals surface area contributed by atoms with Gasteiger partial charge in [-0.05, 0) is 69.9 Å². The standard InChI is InChI=1S/C29H30N6O4/c1-28(2,37)21-8-6-5-7-17(21)14-30-24-20(25-33-23(35-39-25)16-9-10-16)15-31-27(34-24)32-18-11-12-19-22(13-18)29(3,4)38-26(19)36/h5-8,11-13,15-16,37H,9-10,14H2,1-4H3,(H2,30,31,32,34). The van der Waals surface area contributed by atoms with Crippen molar-refractivity contribution < 1.29 is 19.2 Å². The first-order valence-electron chi connectivity index (χ1n) is 13.0. The lowest BCUT2D eigenvalue weighted by atomic mass is 9.93. The summed E-state index contributed by atoms with van der Waals surface area (Å²) in [5.41, 5.74) is 2.68. The number of cyclic esters (lactones) is 1. The van der Waals surface area contributed by atoms with Gasteiger partial charge in [0.15, 0.2) is 5.82 Å². The van der Waals surface area contributed by atoms with Crippen LogP contribution in [-0.4, -0.2) is 31.2 Å². The van der Waals surface area contributed by atoms with Crippen LogP contribution >= 0.6 is 0 Å². The van der Waals surface area contributed by atoms with Crippen LogP contribution in [0, 0.1) is 0 Å². The molecule has 0 unspecified atom stereocenters. The number of anilines is 3. The lowest BCUT2D eigenvalue weighted by molar-refractivity contribution is 0.00954. The second-order valence-corrected chi connectivity index (χ2v) is 11.0. The van der Waals surface area contributed by atoms with Gasteiger partial charge in [-0.25, -0.2) is 9.78 Å². The number of nitrogens with one attached hydrogen (secondary N) is 2. The molecule has 1 aliphatic heterocycles. The van der Waals surface area contributed by atoms with E-state index in [1.807, 2.05) is 44.2 Å². The quantitative estimate of drug-likeness (QED) is 0.256. The van der Waals surface area contributed by atoms with Crippen molar-refractivity contribution in [2.45, 2.75) is 64.2 Å². The minimum atomic E-state index is -1.00. The van der Waals surface area contributed by atoms with E-state index in [2.05, 4.69) is 25.8 Å². The number of rotatable bonds is 8. The van der Waals surface area contributed by atoms with E-state index in [1.165, 1.54) is 0 Å². The fourth-order valence-electron chi connectivity index (χ4n) is 4.80. The SMILES string of the molecule is CC(C)(O)c1ccccc1CNc1nc(Nc2ccc3c(c2)C(C)(C)OC3=O)ncc1-c1nc(C2CC2)no1. The van der Waals surface area contributed by atoms with Gasteiger partial charge in [-0.15, -0.1) is 0 Å². The number of aliphatic hydroxyl groups is 1. The molecule has 1 saturated carbocycles. The number of carbonyl (C=O) groups is 1. The average molecular weight is 527 g/mol. The third kappa shape index (κ3) is 4.95. The van der Waals surface area contributed by atoms with Crippen molar-refractivity contribution in [3.8, 4) is 11.5 Å². The van der Waals surface area contributed by atoms with Gasteiger partial charge < -0.3 is 25.0 Å².